The molecule has 1 aliphatic rings. The van der Waals surface area contributed by atoms with E-state index in [0.717, 1.165) is 22.6 Å². The topological polar surface area (TPSA) is 54.2 Å². The summed E-state index contributed by atoms with van der Waals surface area (Å²) in [5.41, 5.74) is 10.0. The molecule has 2 atom stereocenters. The van der Waals surface area contributed by atoms with E-state index in [9.17, 15) is 0 Å². The Hall–Kier alpha value is -2.07. The summed E-state index contributed by atoms with van der Waals surface area (Å²) in [6.45, 7) is 6.94. The fourth-order valence-corrected chi connectivity index (χ4v) is 3.21. The molecule has 1 aliphatic heterocycles. The number of aromatic nitrogens is 1. The van der Waals surface area contributed by atoms with E-state index < -0.39 is 0 Å². The van der Waals surface area contributed by atoms with Gasteiger partial charge in [0.25, 0.3) is 0 Å². The molecular formula is C19H26N4. The largest absolute Gasteiger partial charge is 0.397 e. The average molecular weight is 310 g/mol. The number of anilines is 2. The molecule has 0 aliphatic carbocycles. The highest BCUT2D eigenvalue weighted by molar-refractivity contribution is 5.75. The first-order valence-electron chi connectivity index (χ1n) is 8.46. The quantitative estimate of drug-likeness (QED) is 0.828. The minimum Gasteiger partial charge on any atom is -0.397 e. The zero-order chi connectivity index (χ0) is 16.2. The highest BCUT2D eigenvalue weighted by atomic mass is 15.2. The van der Waals surface area contributed by atoms with Crippen molar-refractivity contribution < 1.29 is 0 Å². The van der Waals surface area contributed by atoms with Crippen molar-refractivity contribution in [1.29, 1.82) is 0 Å². The van der Waals surface area contributed by atoms with Gasteiger partial charge >= 0.3 is 0 Å². The lowest BCUT2D eigenvalue weighted by atomic mass is 10.1. The van der Waals surface area contributed by atoms with Gasteiger partial charge in [-0.2, -0.15) is 0 Å². The van der Waals surface area contributed by atoms with Gasteiger partial charge in [-0.25, -0.2) is 0 Å². The molecule has 122 valence electrons. The average Bonchev–Trinajstić information content (AvgIpc) is 3.11. The Bertz CT molecular complexity index is 635. The van der Waals surface area contributed by atoms with E-state index >= 15 is 0 Å². The van der Waals surface area contributed by atoms with Crippen LogP contribution in [-0.4, -0.2) is 35.1 Å². The van der Waals surface area contributed by atoms with Crippen molar-refractivity contribution in [2.75, 3.05) is 24.1 Å². The number of hydrogen-bond donors (Lipinski definition) is 2. The number of likely N-dealkylation sites (tertiary alicyclic amines) is 1. The molecule has 1 fully saturated rings. The highest BCUT2D eigenvalue weighted by Gasteiger charge is 2.23. The zero-order valence-corrected chi connectivity index (χ0v) is 14.0. The zero-order valence-electron chi connectivity index (χ0n) is 14.0. The van der Waals surface area contributed by atoms with Crippen molar-refractivity contribution in [3.63, 3.8) is 0 Å². The number of rotatable bonds is 5. The van der Waals surface area contributed by atoms with Gasteiger partial charge in [0.1, 0.15) is 0 Å². The van der Waals surface area contributed by atoms with Gasteiger partial charge in [-0.15, -0.1) is 0 Å². The summed E-state index contributed by atoms with van der Waals surface area (Å²) in [4.78, 5) is 6.97. The summed E-state index contributed by atoms with van der Waals surface area (Å²) < 4.78 is 0. The van der Waals surface area contributed by atoms with Crippen molar-refractivity contribution >= 4 is 11.4 Å². The monoisotopic (exact) mass is 310 g/mol. The summed E-state index contributed by atoms with van der Waals surface area (Å²) in [5, 5.41) is 3.60. The van der Waals surface area contributed by atoms with Crippen LogP contribution in [0.4, 0.5) is 11.4 Å². The molecule has 1 aromatic carbocycles. The molecule has 2 unspecified atom stereocenters. The molecule has 0 amide bonds. The number of hydrogen-bond acceptors (Lipinski definition) is 4. The second kappa shape index (κ2) is 7.01. The fourth-order valence-electron chi connectivity index (χ4n) is 3.21. The van der Waals surface area contributed by atoms with Gasteiger partial charge in [-0.3, -0.25) is 9.88 Å². The summed E-state index contributed by atoms with van der Waals surface area (Å²) in [7, 11) is 0. The van der Waals surface area contributed by atoms with Gasteiger partial charge in [0, 0.05) is 23.8 Å². The standard InChI is InChI=1S/C19H26N4/c1-14(15(2)23-11-5-6-12-23)22-19-13-16(8-9-17(19)20)18-7-3-4-10-21-18/h3-4,7-10,13-15,22H,5-6,11-12,20H2,1-2H3. The van der Waals surface area contributed by atoms with E-state index in [1.54, 1.807) is 0 Å². The van der Waals surface area contributed by atoms with Gasteiger partial charge < -0.3 is 11.1 Å². The minimum atomic E-state index is 0.342. The van der Waals surface area contributed by atoms with E-state index in [2.05, 4.69) is 35.1 Å². The molecule has 0 bridgehead atoms. The number of nitrogen functional groups attached to an aromatic ring is 1. The molecule has 4 heteroatoms. The normalized spacial score (nSPS) is 17.8. The van der Waals surface area contributed by atoms with Crippen LogP contribution in [0.25, 0.3) is 11.3 Å². The van der Waals surface area contributed by atoms with Crippen molar-refractivity contribution in [1.82, 2.24) is 9.88 Å². The molecule has 3 N–H and O–H groups in total. The molecule has 0 radical (unpaired) electrons. The maximum Gasteiger partial charge on any atom is 0.0702 e. The van der Waals surface area contributed by atoms with E-state index in [4.69, 9.17) is 5.73 Å². The van der Waals surface area contributed by atoms with Crippen LogP contribution in [0.2, 0.25) is 0 Å². The van der Waals surface area contributed by atoms with E-state index in [1.165, 1.54) is 25.9 Å². The third-order valence-electron chi connectivity index (χ3n) is 4.84. The third-order valence-corrected chi connectivity index (χ3v) is 4.84. The molecule has 1 saturated heterocycles. The Labute approximate surface area is 138 Å². The second-order valence-electron chi connectivity index (χ2n) is 6.43. The van der Waals surface area contributed by atoms with Crippen LogP contribution in [0.5, 0.6) is 0 Å². The lowest BCUT2D eigenvalue weighted by molar-refractivity contribution is 0.240. The van der Waals surface area contributed by atoms with Crippen LogP contribution in [0.15, 0.2) is 42.6 Å². The molecule has 1 aromatic heterocycles. The summed E-state index contributed by atoms with van der Waals surface area (Å²) in [6.07, 6.45) is 4.44. The van der Waals surface area contributed by atoms with E-state index in [0.29, 0.717) is 12.1 Å². The summed E-state index contributed by atoms with van der Waals surface area (Å²) >= 11 is 0. The lowest BCUT2D eigenvalue weighted by Gasteiger charge is -2.31. The number of benzene rings is 1. The van der Waals surface area contributed by atoms with E-state index in [1.807, 2.05) is 36.5 Å². The molecule has 23 heavy (non-hydrogen) atoms. The SMILES string of the molecule is CC(Nc1cc(-c2ccccn2)ccc1N)C(C)N1CCCC1. The Morgan fingerprint density at radius 2 is 1.91 bits per heavy atom. The van der Waals surface area contributed by atoms with Crippen molar-refractivity contribution in [2.45, 2.75) is 38.8 Å². The van der Waals surface area contributed by atoms with Gasteiger partial charge in [0.15, 0.2) is 0 Å². The fraction of sp³-hybridized carbons (Fsp3) is 0.421. The Kier molecular flexibility index (Phi) is 4.82. The number of nitrogens with one attached hydrogen (secondary N) is 1. The first kappa shape index (κ1) is 15.8. The van der Waals surface area contributed by atoms with Crippen LogP contribution in [0, 0.1) is 0 Å². The summed E-state index contributed by atoms with van der Waals surface area (Å²) in [6, 6.07) is 12.9. The van der Waals surface area contributed by atoms with Crippen LogP contribution >= 0.6 is 0 Å². The van der Waals surface area contributed by atoms with Gasteiger partial charge in [-0.1, -0.05) is 12.1 Å². The number of pyridine rings is 1. The maximum atomic E-state index is 6.17. The molecule has 4 nitrogen and oxygen atoms in total. The smallest absolute Gasteiger partial charge is 0.0702 e. The summed E-state index contributed by atoms with van der Waals surface area (Å²) in [5.74, 6) is 0. The third kappa shape index (κ3) is 3.64. The Balaban J connectivity index is 1.76. The van der Waals surface area contributed by atoms with Gasteiger partial charge in [-0.05, 0) is 64.0 Å². The van der Waals surface area contributed by atoms with Crippen molar-refractivity contribution in [2.24, 2.45) is 0 Å². The highest BCUT2D eigenvalue weighted by Crippen LogP contribution is 2.27. The minimum absolute atomic E-state index is 0.342. The predicted molar refractivity (Wildman–Crippen MR) is 97.4 cm³/mol. The number of nitrogens with two attached hydrogens (primary N) is 1. The molecule has 2 heterocycles. The van der Waals surface area contributed by atoms with Crippen molar-refractivity contribution in [3.05, 3.63) is 42.6 Å². The maximum absolute atomic E-state index is 6.17. The molecular weight excluding hydrogens is 284 g/mol. The Morgan fingerprint density at radius 1 is 1.13 bits per heavy atom. The van der Waals surface area contributed by atoms with Crippen LogP contribution < -0.4 is 11.1 Å². The Morgan fingerprint density at radius 3 is 2.61 bits per heavy atom. The predicted octanol–water partition coefficient (Wildman–Crippen LogP) is 3.62. The first-order valence-corrected chi connectivity index (χ1v) is 8.46. The number of nitrogens with zero attached hydrogens (tertiary/aromatic N) is 2. The van der Waals surface area contributed by atoms with E-state index in [-0.39, 0.29) is 0 Å². The molecule has 2 aromatic rings. The van der Waals surface area contributed by atoms with Crippen molar-refractivity contribution in [3.8, 4) is 11.3 Å². The second-order valence-corrected chi connectivity index (χ2v) is 6.43. The van der Waals surface area contributed by atoms with Crippen LogP contribution in [0.3, 0.4) is 0 Å². The molecule has 3 rings (SSSR count). The first-order chi connectivity index (χ1) is 11.1. The molecule has 0 spiro atoms. The van der Waals surface area contributed by atoms with Gasteiger partial charge in [0.2, 0.25) is 0 Å². The van der Waals surface area contributed by atoms with Gasteiger partial charge in [0.05, 0.1) is 17.1 Å². The van der Waals surface area contributed by atoms with Crippen LogP contribution in [-0.2, 0) is 0 Å². The lowest BCUT2D eigenvalue weighted by Crippen LogP contribution is -2.42. The van der Waals surface area contributed by atoms with Crippen LogP contribution in [0.1, 0.15) is 26.7 Å². The molecule has 0 saturated carbocycles.